The number of nitrogens with one attached hydrogen (secondary N) is 3. The lowest BCUT2D eigenvalue weighted by atomic mass is 9.71. The van der Waals surface area contributed by atoms with Crippen LogP contribution in [0.15, 0.2) is 6.07 Å². The lowest BCUT2D eigenvalue weighted by molar-refractivity contribution is -0.128. The van der Waals surface area contributed by atoms with Gasteiger partial charge in [-0.05, 0) is 62.8 Å². The summed E-state index contributed by atoms with van der Waals surface area (Å²) < 4.78 is 5.53. The van der Waals surface area contributed by atoms with Gasteiger partial charge >= 0.3 is 0 Å². The van der Waals surface area contributed by atoms with Gasteiger partial charge in [0.05, 0.1) is 6.61 Å². The fourth-order valence-corrected chi connectivity index (χ4v) is 4.53. The summed E-state index contributed by atoms with van der Waals surface area (Å²) >= 11 is 0. The molecule has 0 aromatic carbocycles. The molecule has 3 aliphatic rings. The zero-order valence-corrected chi connectivity index (χ0v) is 15.3. The Kier molecular flexibility index (Phi) is 4.98. The molecule has 0 aliphatic heterocycles. The van der Waals surface area contributed by atoms with Gasteiger partial charge < -0.3 is 15.4 Å². The molecule has 2 amide bonds. The predicted octanol–water partition coefficient (Wildman–Crippen LogP) is 1.55. The number of ether oxygens (including phenoxy) is 1. The second-order valence-corrected chi connectivity index (χ2v) is 8.22. The summed E-state index contributed by atoms with van der Waals surface area (Å²) in [6.07, 6.45) is 6.69. The zero-order chi connectivity index (χ0) is 18.1. The van der Waals surface area contributed by atoms with E-state index < -0.39 is 0 Å². The van der Waals surface area contributed by atoms with Gasteiger partial charge in [0, 0.05) is 17.8 Å². The van der Waals surface area contributed by atoms with E-state index >= 15 is 0 Å². The quantitative estimate of drug-likeness (QED) is 0.687. The van der Waals surface area contributed by atoms with E-state index in [4.69, 9.17) is 4.74 Å². The maximum absolute atomic E-state index is 12.2. The van der Waals surface area contributed by atoms with Crippen LogP contribution in [-0.2, 0) is 9.53 Å². The molecule has 3 N–H and O–H groups in total. The number of carbonyl (C=O) groups is 2. The Hall–Kier alpha value is -1.89. The standard InChI is InChI=1S/C19H28N4O3/c1-11-5-17(23-22-11)19(25)20-14-6-13-7-16(15(13)8-14)21-18(24)10-26-9-12-3-2-4-12/h5,12-16H,2-4,6-10H2,1H3,(H,20,25)(H,21,24)(H,22,23)/t13-,14+,15-,16+/m0/s1. The van der Waals surface area contributed by atoms with Crippen molar-refractivity contribution in [2.75, 3.05) is 13.2 Å². The Morgan fingerprint density at radius 1 is 1.27 bits per heavy atom. The lowest BCUT2D eigenvalue weighted by Gasteiger charge is -2.40. The number of rotatable bonds is 7. The lowest BCUT2D eigenvalue weighted by Crippen LogP contribution is -2.51. The summed E-state index contributed by atoms with van der Waals surface area (Å²) in [5, 5.41) is 13.0. The van der Waals surface area contributed by atoms with Crippen molar-refractivity contribution in [1.29, 1.82) is 0 Å². The third kappa shape index (κ3) is 3.77. The molecule has 3 fully saturated rings. The highest BCUT2D eigenvalue weighted by atomic mass is 16.5. The molecule has 3 saturated carbocycles. The number of aromatic nitrogens is 2. The molecule has 142 valence electrons. The average molecular weight is 360 g/mol. The van der Waals surface area contributed by atoms with Crippen LogP contribution in [0.1, 0.15) is 54.7 Å². The molecule has 3 aliphatic carbocycles. The fraction of sp³-hybridized carbons (Fsp3) is 0.737. The van der Waals surface area contributed by atoms with Crippen LogP contribution in [0, 0.1) is 24.7 Å². The SMILES string of the molecule is Cc1cc(C(=O)N[C@@H]2C[C@H]3C[C@@H](NC(=O)COCC4CCC4)[C@H]3C2)n[nH]1. The van der Waals surface area contributed by atoms with Crippen molar-refractivity contribution in [2.45, 2.75) is 57.5 Å². The van der Waals surface area contributed by atoms with E-state index in [0.29, 0.717) is 30.1 Å². The van der Waals surface area contributed by atoms with Crippen molar-refractivity contribution in [2.24, 2.45) is 17.8 Å². The molecule has 4 atom stereocenters. The number of aromatic amines is 1. The molecule has 1 aromatic heterocycles. The summed E-state index contributed by atoms with van der Waals surface area (Å²) in [5.41, 5.74) is 1.32. The largest absolute Gasteiger partial charge is 0.371 e. The first-order valence-electron chi connectivity index (χ1n) is 9.78. The normalized spacial score (nSPS) is 30.2. The van der Waals surface area contributed by atoms with Gasteiger partial charge in [0.15, 0.2) is 0 Å². The van der Waals surface area contributed by atoms with Crippen LogP contribution in [-0.4, -0.2) is 47.3 Å². The average Bonchev–Trinajstić information content (AvgIpc) is 3.12. The molecule has 1 heterocycles. The number of hydrogen-bond acceptors (Lipinski definition) is 4. The van der Waals surface area contributed by atoms with Gasteiger partial charge in [-0.25, -0.2) is 0 Å². The zero-order valence-electron chi connectivity index (χ0n) is 15.3. The van der Waals surface area contributed by atoms with Crippen LogP contribution in [0.3, 0.4) is 0 Å². The summed E-state index contributed by atoms with van der Waals surface area (Å²) in [6, 6.07) is 2.16. The highest BCUT2D eigenvalue weighted by Crippen LogP contribution is 2.47. The first-order valence-corrected chi connectivity index (χ1v) is 9.78. The third-order valence-electron chi connectivity index (χ3n) is 6.25. The van der Waals surface area contributed by atoms with Crippen LogP contribution in [0.4, 0.5) is 0 Å². The number of hydrogen-bond donors (Lipinski definition) is 3. The maximum atomic E-state index is 12.2. The Labute approximate surface area is 153 Å². The van der Waals surface area contributed by atoms with Crippen molar-refractivity contribution in [3.05, 3.63) is 17.5 Å². The van der Waals surface area contributed by atoms with Crippen molar-refractivity contribution < 1.29 is 14.3 Å². The first-order chi connectivity index (χ1) is 12.6. The minimum Gasteiger partial charge on any atom is -0.371 e. The van der Waals surface area contributed by atoms with Crippen molar-refractivity contribution in [3.8, 4) is 0 Å². The highest BCUT2D eigenvalue weighted by molar-refractivity contribution is 5.92. The molecule has 7 heteroatoms. The Balaban J connectivity index is 1.17. The van der Waals surface area contributed by atoms with Gasteiger partial charge in [-0.1, -0.05) is 6.42 Å². The van der Waals surface area contributed by atoms with Crippen molar-refractivity contribution in [3.63, 3.8) is 0 Å². The molecule has 4 rings (SSSR count). The van der Waals surface area contributed by atoms with E-state index in [1.54, 1.807) is 6.07 Å². The molecule has 7 nitrogen and oxygen atoms in total. The number of H-pyrrole nitrogens is 1. The molecular weight excluding hydrogens is 332 g/mol. The van der Waals surface area contributed by atoms with Crippen LogP contribution in [0.25, 0.3) is 0 Å². The maximum Gasteiger partial charge on any atom is 0.271 e. The van der Waals surface area contributed by atoms with Gasteiger partial charge in [-0.2, -0.15) is 5.10 Å². The monoisotopic (exact) mass is 360 g/mol. The van der Waals surface area contributed by atoms with E-state index in [-0.39, 0.29) is 30.5 Å². The van der Waals surface area contributed by atoms with Gasteiger partial charge in [0.2, 0.25) is 5.91 Å². The van der Waals surface area contributed by atoms with Crippen LogP contribution in [0.2, 0.25) is 0 Å². The number of aryl methyl sites for hydroxylation is 1. The molecule has 0 unspecified atom stereocenters. The number of nitrogens with zero attached hydrogens (tertiary/aromatic N) is 1. The predicted molar refractivity (Wildman–Crippen MR) is 95.5 cm³/mol. The van der Waals surface area contributed by atoms with E-state index in [1.165, 1.54) is 19.3 Å². The topological polar surface area (TPSA) is 96.1 Å². The molecule has 0 bridgehead atoms. The second kappa shape index (κ2) is 7.39. The van der Waals surface area contributed by atoms with E-state index in [9.17, 15) is 9.59 Å². The number of amides is 2. The van der Waals surface area contributed by atoms with Crippen LogP contribution >= 0.6 is 0 Å². The summed E-state index contributed by atoms with van der Waals surface area (Å²) in [5.74, 6) is 1.60. The molecule has 26 heavy (non-hydrogen) atoms. The van der Waals surface area contributed by atoms with Crippen molar-refractivity contribution in [1.82, 2.24) is 20.8 Å². The van der Waals surface area contributed by atoms with Crippen LogP contribution in [0.5, 0.6) is 0 Å². The van der Waals surface area contributed by atoms with E-state index in [2.05, 4.69) is 20.8 Å². The summed E-state index contributed by atoms with van der Waals surface area (Å²) in [7, 11) is 0. The Morgan fingerprint density at radius 2 is 2.12 bits per heavy atom. The van der Waals surface area contributed by atoms with E-state index in [1.807, 2.05) is 6.92 Å². The second-order valence-electron chi connectivity index (χ2n) is 8.22. The molecule has 0 spiro atoms. The molecular formula is C19H28N4O3. The van der Waals surface area contributed by atoms with Gasteiger partial charge in [-0.3, -0.25) is 14.7 Å². The minimum absolute atomic E-state index is 0.00717. The number of fused-ring (bicyclic) bond motifs is 1. The van der Waals surface area contributed by atoms with Gasteiger partial charge in [0.1, 0.15) is 12.3 Å². The minimum atomic E-state index is -0.120. The number of carbonyl (C=O) groups excluding carboxylic acids is 2. The summed E-state index contributed by atoms with van der Waals surface area (Å²) in [6.45, 7) is 2.76. The summed E-state index contributed by atoms with van der Waals surface area (Å²) in [4.78, 5) is 24.3. The molecule has 0 radical (unpaired) electrons. The molecule has 1 aromatic rings. The van der Waals surface area contributed by atoms with Gasteiger partial charge in [0.25, 0.3) is 5.91 Å². The fourth-order valence-electron chi connectivity index (χ4n) is 4.53. The highest BCUT2D eigenvalue weighted by Gasteiger charge is 2.48. The van der Waals surface area contributed by atoms with Crippen LogP contribution < -0.4 is 10.6 Å². The van der Waals surface area contributed by atoms with Gasteiger partial charge in [-0.15, -0.1) is 0 Å². The third-order valence-corrected chi connectivity index (χ3v) is 6.25. The first kappa shape index (κ1) is 17.5. The Bertz CT molecular complexity index is 669. The smallest absolute Gasteiger partial charge is 0.271 e. The van der Waals surface area contributed by atoms with Crippen molar-refractivity contribution >= 4 is 11.8 Å². The molecule has 0 saturated heterocycles. The van der Waals surface area contributed by atoms with E-state index in [0.717, 1.165) is 25.0 Å². The Morgan fingerprint density at radius 3 is 2.81 bits per heavy atom.